The van der Waals surface area contributed by atoms with E-state index in [2.05, 4.69) is 11.0 Å². The number of benzene rings is 1. The summed E-state index contributed by atoms with van der Waals surface area (Å²) in [7, 11) is 0. The standard InChI is InChI=1S/C12H13ClN2O/c13-10-2-1-9(8-14)12(7-10)15(5-6-16)11-3-4-11/h1-2,7,11,16H,3-6H2. The number of halogens is 1. The maximum atomic E-state index is 9.05. The van der Waals surface area contributed by atoms with Gasteiger partial charge in [-0.15, -0.1) is 0 Å². The summed E-state index contributed by atoms with van der Waals surface area (Å²) in [6.45, 7) is 0.646. The number of nitrogens with zero attached hydrogens (tertiary/aromatic N) is 2. The van der Waals surface area contributed by atoms with Crippen molar-refractivity contribution in [1.29, 1.82) is 5.26 Å². The minimum absolute atomic E-state index is 0.0912. The van der Waals surface area contributed by atoms with Crippen LogP contribution in [-0.4, -0.2) is 24.3 Å². The van der Waals surface area contributed by atoms with Crippen molar-refractivity contribution in [1.82, 2.24) is 0 Å². The predicted octanol–water partition coefficient (Wildman–Crippen LogP) is 2.17. The second-order valence-corrected chi connectivity index (χ2v) is 4.36. The molecule has 0 unspecified atom stereocenters. The molecule has 16 heavy (non-hydrogen) atoms. The van der Waals surface area contributed by atoms with E-state index >= 15 is 0 Å². The lowest BCUT2D eigenvalue weighted by Crippen LogP contribution is -2.29. The van der Waals surface area contributed by atoms with Crippen LogP contribution in [0.2, 0.25) is 5.02 Å². The molecule has 0 saturated heterocycles. The molecular weight excluding hydrogens is 224 g/mol. The number of aliphatic hydroxyl groups excluding tert-OH is 1. The van der Waals surface area contributed by atoms with Gasteiger partial charge in [-0.3, -0.25) is 0 Å². The van der Waals surface area contributed by atoms with E-state index in [1.165, 1.54) is 0 Å². The Labute approximate surface area is 99.9 Å². The maximum Gasteiger partial charge on any atom is 0.101 e. The maximum absolute atomic E-state index is 9.05. The molecule has 0 aliphatic heterocycles. The molecule has 0 amide bonds. The van der Waals surface area contributed by atoms with E-state index in [0.29, 0.717) is 23.2 Å². The van der Waals surface area contributed by atoms with Gasteiger partial charge in [-0.25, -0.2) is 0 Å². The number of nitriles is 1. The van der Waals surface area contributed by atoms with Crippen molar-refractivity contribution >= 4 is 17.3 Å². The Morgan fingerprint density at radius 2 is 2.25 bits per heavy atom. The summed E-state index contributed by atoms with van der Waals surface area (Å²) in [5.41, 5.74) is 1.45. The van der Waals surface area contributed by atoms with E-state index in [1.807, 2.05) is 0 Å². The van der Waals surface area contributed by atoms with E-state index in [9.17, 15) is 0 Å². The molecule has 0 heterocycles. The molecule has 1 aliphatic rings. The summed E-state index contributed by atoms with van der Waals surface area (Å²) >= 11 is 5.94. The van der Waals surface area contributed by atoms with E-state index in [4.69, 9.17) is 22.0 Å². The van der Waals surface area contributed by atoms with Gasteiger partial charge in [0.2, 0.25) is 0 Å². The molecule has 1 fully saturated rings. The van der Waals surface area contributed by atoms with Crippen LogP contribution in [0.25, 0.3) is 0 Å². The lowest BCUT2D eigenvalue weighted by molar-refractivity contribution is 0.301. The zero-order chi connectivity index (χ0) is 11.5. The van der Waals surface area contributed by atoms with Crippen LogP contribution in [0.3, 0.4) is 0 Å². The van der Waals surface area contributed by atoms with Crippen LogP contribution in [0, 0.1) is 11.3 Å². The fraction of sp³-hybridized carbons (Fsp3) is 0.417. The average molecular weight is 237 g/mol. The highest BCUT2D eigenvalue weighted by molar-refractivity contribution is 6.30. The van der Waals surface area contributed by atoms with Crippen LogP contribution in [0.15, 0.2) is 18.2 Å². The van der Waals surface area contributed by atoms with E-state index < -0.39 is 0 Å². The molecule has 0 radical (unpaired) electrons. The van der Waals surface area contributed by atoms with Gasteiger partial charge in [-0.05, 0) is 31.0 Å². The summed E-state index contributed by atoms with van der Waals surface area (Å²) < 4.78 is 0. The van der Waals surface area contributed by atoms with Crippen molar-refractivity contribution in [2.75, 3.05) is 18.1 Å². The summed E-state index contributed by atoms with van der Waals surface area (Å²) in [5.74, 6) is 0. The van der Waals surface area contributed by atoms with Gasteiger partial charge in [0.05, 0.1) is 17.9 Å². The summed E-state index contributed by atoms with van der Waals surface area (Å²) in [6.07, 6.45) is 2.24. The summed E-state index contributed by atoms with van der Waals surface area (Å²) in [4.78, 5) is 2.07. The normalized spacial score (nSPS) is 14.6. The third kappa shape index (κ3) is 2.29. The Morgan fingerprint density at radius 3 is 2.81 bits per heavy atom. The van der Waals surface area contributed by atoms with Crippen LogP contribution in [-0.2, 0) is 0 Å². The molecule has 2 rings (SSSR count). The van der Waals surface area contributed by atoms with Gasteiger partial charge >= 0.3 is 0 Å². The molecule has 3 nitrogen and oxygen atoms in total. The Kier molecular flexibility index (Phi) is 3.33. The first kappa shape index (κ1) is 11.3. The molecule has 4 heteroatoms. The number of hydrogen-bond donors (Lipinski definition) is 1. The quantitative estimate of drug-likeness (QED) is 0.872. The van der Waals surface area contributed by atoms with Crippen molar-refractivity contribution in [2.45, 2.75) is 18.9 Å². The van der Waals surface area contributed by atoms with Gasteiger partial charge in [0.25, 0.3) is 0 Å². The van der Waals surface area contributed by atoms with Crippen LogP contribution in [0.1, 0.15) is 18.4 Å². The second kappa shape index (κ2) is 4.73. The summed E-state index contributed by atoms with van der Waals surface area (Å²) in [5, 5.41) is 18.7. The monoisotopic (exact) mass is 236 g/mol. The summed E-state index contributed by atoms with van der Waals surface area (Å²) in [6, 6.07) is 7.86. The van der Waals surface area contributed by atoms with Crippen LogP contribution < -0.4 is 4.90 Å². The molecule has 0 spiro atoms. The second-order valence-electron chi connectivity index (χ2n) is 3.92. The minimum Gasteiger partial charge on any atom is -0.395 e. The van der Waals surface area contributed by atoms with Gasteiger partial charge in [0.1, 0.15) is 6.07 Å². The SMILES string of the molecule is N#Cc1ccc(Cl)cc1N(CCO)C1CC1. The van der Waals surface area contributed by atoms with Crippen molar-refractivity contribution in [3.05, 3.63) is 28.8 Å². The van der Waals surface area contributed by atoms with Gasteiger partial charge in [-0.2, -0.15) is 5.26 Å². The molecule has 0 atom stereocenters. The fourth-order valence-electron chi connectivity index (χ4n) is 1.83. The topological polar surface area (TPSA) is 47.3 Å². The number of rotatable bonds is 4. The molecule has 0 aromatic heterocycles. The van der Waals surface area contributed by atoms with Crippen molar-refractivity contribution in [2.24, 2.45) is 0 Å². The Hall–Kier alpha value is -1.24. The highest BCUT2D eigenvalue weighted by Crippen LogP contribution is 2.34. The zero-order valence-electron chi connectivity index (χ0n) is 8.86. The predicted molar refractivity (Wildman–Crippen MR) is 63.6 cm³/mol. The number of aliphatic hydroxyl groups is 1. The fourth-order valence-corrected chi connectivity index (χ4v) is 2.00. The first-order valence-corrected chi connectivity index (χ1v) is 5.71. The molecule has 1 aliphatic carbocycles. The van der Waals surface area contributed by atoms with Crippen molar-refractivity contribution in [3.63, 3.8) is 0 Å². The molecular formula is C12H13ClN2O. The Bertz CT molecular complexity index is 424. The highest BCUT2D eigenvalue weighted by Gasteiger charge is 2.30. The molecule has 0 bridgehead atoms. The largest absolute Gasteiger partial charge is 0.395 e. The number of hydrogen-bond acceptors (Lipinski definition) is 3. The molecule has 1 aromatic carbocycles. The first-order valence-electron chi connectivity index (χ1n) is 5.33. The lowest BCUT2D eigenvalue weighted by atomic mass is 10.1. The molecule has 1 aromatic rings. The third-order valence-corrected chi connectivity index (χ3v) is 2.95. The van der Waals surface area contributed by atoms with Gasteiger partial charge in [0.15, 0.2) is 0 Å². The zero-order valence-corrected chi connectivity index (χ0v) is 9.61. The molecule has 1 N–H and O–H groups in total. The van der Waals surface area contributed by atoms with Crippen LogP contribution in [0.4, 0.5) is 5.69 Å². The van der Waals surface area contributed by atoms with E-state index in [0.717, 1.165) is 18.5 Å². The van der Waals surface area contributed by atoms with Crippen LogP contribution in [0.5, 0.6) is 0 Å². The van der Waals surface area contributed by atoms with Gasteiger partial charge in [0, 0.05) is 17.6 Å². The van der Waals surface area contributed by atoms with Gasteiger partial charge in [-0.1, -0.05) is 11.6 Å². The minimum atomic E-state index is 0.0912. The van der Waals surface area contributed by atoms with E-state index in [1.54, 1.807) is 18.2 Å². The average Bonchev–Trinajstić information content (AvgIpc) is 3.10. The smallest absolute Gasteiger partial charge is 0.101 e. The number of anilines is 1. The molecule has 84 valence electrons. The highest BCUT2D eigenvalue weighted by atomic mass is 35.5. The van der Waals surface area contributed by atoms with E-state index in [-0.39, 0.29) is 6.61 Å². The third-order valence-electron chi connectivity index (χ3n) is 2.72. The van der Waals surface area contributed by atoms with Crippen LogP contribution >= 0.6 is 11.6 Å². The Balaban J connectivity index is 2.35. The first-order chi connectivity index (χ1) is 7.76. The lowest BCUT2D eigenvalue weighted by Gasteiger charge is -2.24. The van der Waals surface area contributed by atoms with Crippen molar-refractivity contribution in [3.8, 4) is 6.07 Å². The van der Waals surface area contributed by atoms with Gasteiger partial charge < -0.3 is 10.0 Å². The van der Waals surface area contributed by atoms with Crippen molar-refractivity contribution < 1.29 is 5.11 Å². The molecule has 1 saturated carbocycles. The Morgan fingerprint density at radius 1 is 1.50 bits per heavy atom.